The zero-order valence-corrected chi connectivity index (χ0v) is 12.2. The Morgan fingerprint density at radius 3 is 2.90 bits per heavy atom. The maximum Gasteiger partial charge on any atom is 0.289 e. The van der Waals surface area contributed by atoms with E-state index in [1.54, 1.807) is 23.1 Å². The fraction of sp³-hybridized carbons (Fsp3) is 0.312. The molecule has 2 aromatic rings. The van der Waals surface area contributed by atoms with Gasteiger partial charge < -0.3 is 14.4 Å². The van der Waals surface area contributed by atoms with Gasteiger partial charge in [0.05, 0.1) is 17.7 Å². The van der Waals surface area contributed by atoms with Gasteiger partial charge in [0.2, 0.25) is 0 Å². The van der Waals surface area contributed by atoms with E-state index in [1.807, 2.05) is 18.2 Å². The number of rotatable bonds is 3. The van der Waals surface area contributed by atoms with Crippen molar-refractivity contribution in [2.24, 2.45) is 0 Å². The molecule has 1 fully saturated rings. The molecule has 1 aliphatic heterocycles. The standard InChI is InChI=1S/C16H16ClNO3/c17-13-6-2-1-5-12(13)14-7-8-15(21-14)16(20)18-9-3-4-11(18)10-19/h1-2,5-8,11,19H,3-4,9-10H2/t11-/m1/s1. The Balaban J connectivity index is 1.85. The Morgan fingerprint density at radius 2 is 2.14 bits per heavy atom. The number of carbonyl (C=O) groups excluding carboxylic acids is 1. The Morgan fingerprint density at radius 1 is 1.33 bits per heavy atom. The molecular weight excluding hydrogens is 290 g/mol. The third-order valence-corrected chi connectivity index (χ3v) is 4.13. The molecule has 1 atom stereocenters. The van der Waals surface area contributed by atoms with E-state index in [0.29, 0.717) is 17.3 Å². The van der Waals surface area contributed by atoms with Crippen LogP contribution >= 0.6 is 11.6 Å². The third kappa shape index (κ3) is 2.69. The van der Waals surface area contributed by atoms with E-state index in [-0.39, 0.29) is 24.3 Å². The van der Waals surface area contributed by atoms with Crippen LogP contribution in [0.2, 0.25) is 5.02 Å². The third-order valence-electron chi connectivity index (χ3n) is 3.80. The van der Waals surface area contributed by atoms with Crippen LogP contribution in [0.25, 0.3) is 11.3 Å². The van der Waals surface area contributed by atoms with Crippen molar-refractivity contribution in [3.63, 3.8) is 0 Å². The number of hydrogen-bond acceptors (Lipinski definition) is 3. The first-order valence-corrected chi connectivity index (χ1v) is 7.35. The smallest absolute Gasteiger partial charge is 0.289 e. The summed E-state index contributed by atoms with van der Waals surface area (Å²) in [5, 5.41) is 9.89. The summed E-state index contributed by atoms with van der Waals surface area (Å²) < 4.78 is 5.66. The van der Waals surface area contributed by atoms with Crippen molar-refractivity contribution in [3.8, 4) is 11.3 Å². The van der Waals surface area contributed by atoms with Gasteiger partial charge in [-0.3, -0.25) is 4.79 Å². The highest BCUT2D eigenvalue weighted by atomic mass is 35.5. The molecule has 1 N–H and O–H groups in total. The molecule has 5 heteroatoms. The van der Waals surface area contributed by atoms with Gasteiger partial charge in [-0.25, -0.2) is 0 Å². The maximum absolute atomic E-state index is 12.4. The number of likely N-dealkylation sites (tertiary alicyclic amines) is 1. The molecule has 1 aromatic heterocycles. The zero-order valence-electron chi connectivity index (χ0n) is 11.5. The molecule has 4 nitrogen and oxygen atoms in total. The summed E-state index contributed by atoms with van der Waals surface area (Å²) >= 11 is 6.13. The lowest BCUT2D eigenvalue weighted by Gasteiger charge is -2.21. The molecular formula is C16H16ClNO3. The predicted molar refractivity (Wildman–Crippen MR) is 80.3 cm³/mol. The molecule has 1 aromatic carbocycles. The molecule has 0 saturated carbocycles. The van der Waals surface area contributed by atoms with E-state index in [0.717, 1.165) is 18.4 Å². The van der Waals surface area contributed by atoms with Crippen LogP contribution in [-0.4, -0.2) is 35.1 Å². The maximum atomic E-state index is 12.4. The quantitative estimate of drug-likeness (QED) is 0.947. The van der Waals surface area contributed by atoms with E-state index < -0.39 is 0 Å². The van der Waals surface area contributed by atoms with Gasteiger partial charge in [0.1, 0.15) is 5.76 Å². The fourth-order valence-electron chi connectivity index (χ4n) is 2.69. The lowest BCUT2D eigenvalue weighted by atomic mass is 10.2. The molecule has 21 heavy (non-hydrogen) atoms. The van der Waals surface area contributed by atoms with Gasteiger partial charge in [-0.2, -0.15) is 0 Å². The van der Waals surface area contributed by atoms with E-state index in [1.165, 1.54) is 0 Å². The highest BCUT2D eigenvalue weighted by molar-refractivity contribution is 6.33. The van der Waals surface area contributed by atoms with Crippen LogP contribution in [0.15, 0.2) is 40.8 Å². The first-order valence-electron chi connectivity index (χ1n) is 6.97. The SMILES string of the molecule is O=C(c1ccc(-c2ccccc2Cl)o1)N1CCC[C@@H]1CO. The van der Waals surface area contributed by atoms with Gasteiger partial charge in [0, 0.05) is 12.1 Å². The van der Waals surface area contributed by atoms with Crippen LogP contribution in [0.3, 0.4) is 0 Å². The number of amides is 1. The van der Waals surface area contributed by atoms with Crippen LogP contribution in [0.4, 0.5) is 0 Å². The highest BCUT2D eigenvalue weighted by Gasteiger charge is 2.30. The van der Waals surface area contributed by atoms with Gasteiger partial charge in [-0.05, 0) is 37.1 Å². The van der Waals surface area contributed by atoms with Gasteiger partial charge in [-0.1, -0.05) is 23.7 Å². The number of nitrogens with zero attached hydrogens (tertiary/aromatic N) is 1. The van der Waals surface area contributed by atoms with Crippen molar-refractivity contribution in [3.05, 3.63) is 47.2 Å². The molecule has 110 valence electrons. The number of aliphatic hydroxyl groups excluding tert-OH is 1. The lowest BCUT2D eigenvalue weighted by Crippen LogP contribution is -2.37. The minimum absolute atomic E-state index is 0.0101. The monoisotopic (exact) mass is 305 g/mol. The first-order chi connectivity index (χ1) is 10.2. The molecule has 0 spiro atoms. The summed E-state index contributed by atoms with van der Waals surface area (Å²) in [6.45, 7) is 0.649. The van der Waals surface area contributed by atoms with Crippen LogP contribution in [0, 0.1) is 0 Å². The minimum Gasteiger partial charge on any atom is -0.451 e. The molecule has 2 heterocycles. The van der Waals surface area contributed by atoms with E-state index >= 15 is 0 Å². The molecule has 1 saturated heterocycles. The largest absolute Gasteiger partial charge is 0.451 e. The molecule has 0 bridgehead atoms. The van der Waals surface area contributed by atoms with Gasteiger partial charge in [0.25, 0.3) is 5.91 Å². The fourth-order valence-corrected chi connectivity index (χ4v) is 2.92. The molecule has 0 aliphatic carbocycles. The van der Waals surface area contributed by atoms with Crippen LogP contribution in [0.5, 0.6) is 0 Å². The van der Waals surface area contributed by atoms with Crippen LogP contribution in [-0.2, 0) is 0 Å². The van der Waals surface area contributed by atoms with Crippen LogP contribution < -0.4 is 0 Å². The number of aliphatic hydroxyl groups is 1. The van der Waals surface area contributed by atoms with E-state index in [2.05, 4.69) is 0 Å². The summed E-state index contributed by atoms with van der Waals surface area (Å²) in [6, 6.07) is 10.6. The highest BCUT2D eigenvalue weighted by Crippen LogP contribution is 2.30. The molecule has 1 amide bonds. The predicted octanol–water partition coefficient (Wildman–Crippen LogP) is 3.20. The van der Waals surface area contributed by atoms with Crippen molar-refractivity contribution in [1.82, 2.24) is 4.90 Å². The first kappa shape index (κ1) is 14.2. The number of benzene rings is 1. The summed E-state index contributed by atoms with van der Waals surface area (Å²) in [7, 11) is 0. The van der Waals surface area contributed by atoms with Crippen molar-refractivity contribution in [1.29, 1.82) is 0 Å². The second-order valence-corrected chi connectivity index (χ2v) is 5.53. The Kier molecular flexibility index (Phi) is 3.99. The number of hydrogen-bond donors (Lipinski definition) is 1. The summed E-state index contributed by atoms with van der Waals surface area (Å²) in [5.41, 5.74) is 0.762. The number of carbonyl (C=O) groups is 1. The van der Waals surface area contributed by atoms with Gasteiger partial charge in [0.15, 0.2) is 5.76 Å². The zero-order chi connectivity index (χ0) is 14.8. The Hall–Kier alpha value is -1.78. The van der Waals surface area contributed by atoms with E-state index in [9.17, 15) is 9.90 Å². The minimum atomic E-state index is -0.176. The second kappa shape index (κ2) is 5.92. The molecule has 1 aliphatic rings. The van der Waals surface area contributed by atoms with Crippen molar-refractivity contribution < 1.29 is 14.3 Å². The summed E-state index contributed by atoms with van der Waals surface area (Å²) in [4.78, 5) is 14.1. The number of halogens is 1. The topological polar surface area (TPSA) is 53.7 Å². The average Bonchev–Trinajstić information content (AvgIpc) is 3.16. The number of furan rings is 1. The average molecular weight is 306 g/mol. The van der Waals surface area contributed by atoms with Crippen molar-refractivity contribution in [2.45, 2.75) is 18.9 Å². The van der Waals surface area contributed by atoms with E-state index in [4.69, 9.17) is 16.0 Å². The summed E-state index contributed by atoms with van der Waals surface area (Å²) in [5.74, 6) is 0.679. The van der Waals surface area contributed by atoms with Crippen molar-refractivity contribution in [2.75, 3.05) is 13.2 Å². The normalized spacial score (nSPS) is 18.2. The molecule has 0 radical (unpaired) electrons. The van der Waals surface area contributed by atoms with Gasteiger partial charge >= 0.3 is 0 Å². The lowest BCUT2D eigenvalue weighted by molar-refractivity contribution is 0.0647. The van der Waals surface area contributed by atoms with Crippen molar-refractivity contribution >= 4 is 17.5 Å². The Labute approximate surface area is 127 Å². The summed E-state index contributed by atoms with van der Waals surface area (Å²) in [6.07, 6.45) is 1.75. The second-order valence-electron chi connectivity index (χ2n) is 5.12. The van der Waals surface area contributed by atoms with Crippen LogP contribution in [0.1, 0.15) is 23.4 Å². The Bertz CT molecular complexity index is 652. The van der Waals surface area contributed by atoms with Gasteiger partial charge in [-0.15, -0.1) is 0 Å². The molecule has 3 rings (SSSR count). The molecule has 0 unspecified atom stereocenters.